The summed E-state index contributed by atoms with van der Waals surface area (Å²) in [5.74, 6) is 0. The first-order valence-electron chi connectivity index (χ1n) is 2.66. The molecule has 0 aliphatic rings. The predicted octanol–water partition coefficient (Wildman–Crippen LogP) is -2.28. The number of halogens is 1. The van der Waals surface area contributed by atoms with Crippen LogP contribution in [0.3, 0.4) is 0 Å². The Kier molecular flexibility index (Phi) is 2.66. The summed E-state index contributed by atoms with van der Waals surface area (Å²) in [6, 6.07) is 9.13. The van der Waals surface area contributed by atoms with E-state index >= 15 is 0 Å². The van der Waals surface area contributed by atoms with E-state index in [4.69, 9.17) is 8.70 Å². The van der Waals surface area contributed by atoms with E-state index < -0.39 is 21.6 Å². The third kappa shape index (κ3) is 1.46. The first kappa shape index (κ1) is 7.51. The van der Waals surface area contributed by atoms with E-state index in [0.29, 0.717) is 5.56 Å². The van der Waals surface area contributed by atoms with E-state index in [1.54, 1.807) is 18.2 Å². The minimum absolute atomic E-state index is 0.595. The number of nitriles is 1. The molecule has 52 valence electrons. The van der Waals surface area contributed by atoms with Gasteiger partial charge in [0.25, 0.3) is 0 Å². The fourth-order valence-electron chi connectivity index (χ4n) is 0.626. The standard InChI is InChI=1S/C7H5INO/c9-5-6-3-1-2-4-7(6)8-10/h1-4,10H/q-1. The Hall–Kier alpha value is -0.600. The van der Waals surface area contributed by atoms with Crippen molar-refractivity contribution in [1.82, 2.24) is 0 Å². The number of hydrogen-bond acceptors (Lipinski definition) is 2. The van der Waals surface area contributed by atoms with Crippen molar-refractivity contribution in [1.29, 1.82) is 5.26 Å². The van der Waals surface area contributed by atoms with Crippen LogP contribution in [0.5, 0.6) is 0 Å². The Balaban J connectivity index is 3.12. The molecule has 0 radical (unpaired) electrons. The number of benzene rings is 1. The van der Waals surface area contributed by atoms with E-state index in [2.05, 4.69) is 0 Å². The van der Waals surface area contributed by atoms with Crippen molar-refractivity contribution in [2.24, 2.45) is 0 Å². The normalized spacial score (nSPS) is 9.20. The van der Waals surface area contributed by atoms with Crippen molar-refractivity contribution in [2.75, 3.05) is 0 Å². The van der Waals surface area contributed by atoms with Crippen LogP contribution in [0.1, 0.15) is 5.56 Å². The Bertz CT molecular complexity index is 267. The van der Waals surface area contributed by atoms with Crippen LogP contribution in [-0.4, -0.2) is 3.44 Å². The van der Waals surface area contributed by atoms with E-state index in [1.165, 1.54) is 0 Å². The molecule has 0 unspecified atom stereocenters. The second-order valence-corrected chi connectivity index (χ2v) is 3.32. The van der Waals surface area contributed by atoms with Gasteiger partial charge in [0.1, 0.15) is 0 Å². The molecule has 0 bridgehead atoms. The van der Waals surface area contributed by atoms with Gasteiger partial charge >= 0.3 is 69.8 Å². The van der Waals surface area contributed by atoms with Crippen LogP contribution in [0.2, 0.25) is 0 Å². The Labute approximate surface area is 69.9 Å². The fourth-order valence-corrected chi connectivity index (χ4v) is 1.55. The molecule has 0 aromatic heterocycles. The summed E-state index contributed by atoms with van der Waals surface area (Å²) in [7, 11) is 0. The molecule has 0 fully saturated rings. The van der Waals surface area contributed by atoms with E-state index in [9.17, 15) is 0 Å². The summed E-state index contributed by atoms with van der Waals surface area (Å²) in [5, 5.41) is 8.51. The van der Waals surface area contributed by atoms with Gasteiger partial charge < -0.3 is 0 Å². The molecule has 2 nitrogen and oxygen atoms in total. The van der Waals surface area contributed by atoms with Crippen LogP contribution < -0.4 is 21.6 Å². The van der Waals surface area contributed by atoms with Gasteiger partial charge in [-0.3, -0.25) is 0 Å². The molecule has 0 heterocycles. The van der Waals surface area contributed by atoms with Gasteiger partial charge in [-0.25, -0.2) is 0 Å². The van der Waals surface area contributed by atoms with Crippen LogP contribution in [0.25, 0.3) is 0 Å². The number of nitrogens with zero attached hydrogens (tertiary/aromatic N) is 1. The van der Waals surface area contributed by atoms with Gasteiger partial charge in [-0.05, 0) is 0 Å². The average molecular weight is 246 g/mol. The Morgan fingerprint density at radius 3 is 2.60 bits per heavy atom. The maximum absolute atomic E-state index is 8.81. The van der Waals surface area contributed by atoms with Crippen LogP contribution in [-0.2, 0) is 0 Å². The maximum atomic E-state index is 8.81. The zero-order valence-electron chi connectivity index (χ0n) is 5.08. The number of rotatable bonds is 1. The molecule has 0 aliphatic carbocycles. The minimum atomic E-state index is -0.941. The van der Waals surface area contributed by atoms with Gasteiger partial charge in [-0.2, -0.15) is 0 Å². The van der Waals surface area contributed by atoms with Gasteiger partial charge in [0.15, 0.2) is 0 Å². The molecule has 0 amide bonds. The first-order valence-corrected chi connectivity index (χ1v) is 4.70. The zero-order chi connectivity index (χ0) is 7.40. The zero-order valence-corrected chi connectivity index (χ0v) is 7.24. The first-order chi connectivity index (χ1) is 4.88. The molecule has 1 aromatic carbocycles. The summed E-state index contributed by atoms with van der Waals surface area (Å²) in [6.45, 7) is 0. The molecule has 1 aromatic rings. The summed E-state index contributed by atoms with van der Waals surface area (Å²) in [5.41, 5.74) is 0.595. The van der Waals surface area contributed by atoms with E-state index in [1.807, 2.05) is 12.1 Å². The van der Waals surface area contributed by atoms with Gasteiger partial charge in [-0.1, -0.05) is 0 Å². The van der Waals surface area contributed by atoms with Crippen molar-refractivity contribution in [3.05, 3.63) is 33.4 Å². The summed E-state index contributed by atoms with van der Waals surface area (Å²) >= 11 is -0.941. The fraction of sp³-hybridized carbons (Fsp3) is 0. The molecule has 10 heavy (non-hydrogen) atoms. The Morgan fingerprint density at radius 1 is 1.40 bits per heavy atom. The molecule has 0 spiro atoms. The van der Waals surface area contributed by atoms with Gasteiger partial charge in [-0.15, -0.1) is 0 Å². The van der Waals surface area contributed by atoms with E-state index in [0.717, 1.165) is 3.57 Å². The third-order valence-corrected chi connectivity index (χ3v) is 2.55. The third-order valence-electron chi connectivity index (χ3n) is 1.09. The van der Waals surface area contributed by atoms with Crippen LogP contribution in [0, 0.1) is 14.9 Å². The molecule has 0 atom stereocenters. The monoisotopic (exact) mass is 246 g/mol. The molecule has 0 saturated heterocycles. The second kappa shape index (κ2) is 3.54. The molecule has 1 rings (SSSR count). The molecule has 0 aliphatic heterocycles. The molecule has 3 heteroatoms. The summed E-state index contributed by atoms with van der Waals surface area (Å²) < 4.78 is 9.60. The second-order valence-electron chi connectivity index (χ2n) is 1.68. The van der Waals surface area contributed by atoms with Gasteiger partial charge in [0.2, 0.25) is 0 Å². The topological polar surface area (TPSA) is 44.0 Å². The molecule has 0 saturated carbocycles. The summed E-state index contributed by atoms with van der Waals surface area (Å²) in [6.07, 6.45) is 0. The van der Waals surface area contributed by atoms with Crippen LogP contribution in [0.4, 0.5) is 0 Å². The van der Waals surface area contributed by atoms with Crippen LogP contribution in [0.15, 0.2) is 24.3 Å². The quantitative estimate of drug-likeness (QED) is 0.567. The van der Waals surface area contributed by atoms with Gasteiger partial charge in [0.05, 0.1) is 0 Å². The molecular formula is C7H5INO-. The SMILES string of the molecule is N#Cc1ccccc1[I-]O. The average Bonchev–Trinajstić information content (AvgIpc) is 2.04. The number of hydrogen-bond donors (Lipinski definition) is 1. The predicted molar refractivity (Wildman–Crippen MR) is 32.1 cm³/mol. The Morgan fingerprint density at radius 2 is 2.10 bits per heavy atom. The summed E-state index contributed by atoms with van der Waals surface area (Å²) in [4.78, 5) is 0. The van der Waals surface area contributed by atoms with Crippen molar-refractivity contribution >= 4 is 0 Å². The molecule has 1 N–H and O–H groups in total. The van der Waals surface area contributed by atoms with Crippen molar-refractivity contribution in [3.8, 4) is 6.07 Å². The van der Waals surface area contributed by atoms with Crippen molar-refractivity contribution in [3.63, 3.8) is 0 Å². The van der Waals surface area contributed by atoms with Crippen molar-refractivity contribution in [2.45, 2.75) is 0 Å². The van der Waals surface area contributed by atoms with E-state index in [-0.39, 0.29) is 0 Å². The molecular weight excluding hydrogens is 241 g/mol. The van der Waals surface area contributed by atoms with Crippen LogP contribution >= 0.6 is 0 Å². The van der Waals surface area contributed by atoms with Crippen molar-refractivity contribution < 1.29 is 25.1 Å². The van der Waals surface area contributed by atoms with Gasteiger partial charge in [0, 0.05) is 0 Å².